The number of hydrogen-bond acceptors (Lipinski definition) is 5. The average molecular weight is 441 g/mol. The summed E-state index contributed by atoms with van der Waals surface area (Å²) in [6.45, 7) is 4.54. The van der Waals surface area contributed by atoms with Gasteiger partial charge in [-0.3, -0.25) is 0 Å². The van der Waals surface area contributed by atoms with Gasteiger partial charge >= 0.3 is 0 Å². The van der Waals surface area contributed by atoms with Crippen molar-refractivity contribution in [3.05, 3.63) is 88.6 Å². The molecule has 1 atom stereocenters. The normalized spacial score (nSPS) is 15.7. The topological polar surface area (TPSA) is 76.8 Å². The van der Waals surface area contributed by atoms with Crippen LogP contribution in [-0.4, -0.2) is 26.8 Å². The van der Waals surface area contributed by atoms with E-state index < -0.39 is 6.10 Å². The van der Waals surface area contributed by atoms with E-state index in [0.29, 0.717) is 13.0 Å². The zero-order valence-electron chi connectivity index (χ0n) is 18.9. The number of aryl methyl sites for hydroxylation is 2. The number of hydrogen-bond donors (Lipinski definition) is 3. The second-order valence-electron chi connectivity index (χ2n) is 8.78. The van der Waals surface area contributed by atoms with E-state index >= 15 is 0 Å². The van der Waals surface area contributed by atoms with Gasteiger partial charge in [0.1, 0.15) is 5.82 Å². The highest BCUT2D eigenvalue weighted by Crippen LogP contribution is 2.40. The molecule has 0 spiro atoms. The van der Waals surface area contributed by atoms with Crippen LogP contribution in [0.25, 0.3) is 21.9 Å². The van der Waals surface area contributed by atoms with Gasteiger partial charge in [0, 0.05) is 24.0 Å². The van der Waals surface area contributed by atoms with Crippen molar-refractivity contribution in [3.63, 3.8) is 0 Å². The number of aliphatic hydroxyl groups is 3. The molecule has 4 aromatic rings. The highest BCUT2D eigenvalue weighted by molar-refractivity contribution is 6.00. The fraction of sp³-hybridized carbons (Fsp3) is 0.250. The number of benzene rings is 3. The molecule has 1 aliphatic heterocycles. The van der Waals surface area contributed by atoms with E-state index in [0.717, 1.165) is 50.1 Å². The molecule has 5 rings (SSSR count). The summed E-state index contributed by atoms with van der Waals surface area (Å²) in [5.41, 5.74) is 7.57. The van der Waals surface area contributed by atoms with Gasteiger partial charge in [-0.05, 0) is 88.7 Å². The average Bonchev–Trinajstić information content (AvgIpc) is 2.84. The van der Waals surface area contributed by atoms with Gasteiger partial charge in [-0.1, -0.05) is 30.3 Å². The van der Waals surface area contributed by atoms with E-state index in [-0.39, 0.29) is 13.2 Å². The van der Waals surface area contributed by atoms with Crippen LogP contribution in [0.2, 0.25) is 0 Å². The van der Waals surface area contributed by atoms with E-state index in [1.807, 2.05) is 42.5 Å². The second kappa shape index (κ2) is 8.60. The lowest BCUT2D eigenvalue weighted by molar-refractivity contribution is 0.165. The minimum Gasteiger partial charge on any atom is -0.392 e. The van der Waals surface area contributed by atoms with Crippen molar-refractivity contribution in [1.82, 2.24) is 4.98 Å². The number of nitrogens with zero attached hydrogens (tertiary/aromatic N) is 2. The van der Waals surface area contributed by atoms with Crippen molar-refractivity contribution in [3.8, 4) is 11.1 Å². The number of aliphatic hydroxyl groups excluding tert-OH is 3. The van der Waals surface area contributed by atoms with Crippen LogP contribution in [0.3, 0.4) is 0 Å². The molecule has 0 radical (unpaired) electrons. The highest BCUT2D eigenvalue weighted by Gasteiger charge is 2.25. The van der Waals surface area contributed by atoms with Crippen LogP contribution in [0.1, 0.15) is 40.3 Å². The lowest BCUT2D eigenvalue weighted by Crippen LogP contribution is -2.27. The van der Waals surface area contributed by atoms with Crippen LogP contribution in [0.4, 0.5) is 11.5 Å². The van der Waals surface area contributed by atoms with Crippen molar-refractivity contribution >= 4 is 22.3 Å². The summed E-state index contributed by atoms with van der Waals surface area (Å²) in [4.78, 5) is 6.79. The maximum absolute atomic E-state index is 10.5. The Balaban J connectivity index is 1.72. The predicted molar refractivity (Wildman–Crippen MR) is 132 cm³/mol. The van der Waals surface area contributed by atoms with Crippen molar-refractivity contribution in [2.24, 2.45) is 0 Å². The molecule has 0 saturated heterocycles. The predicted octanol–water partition coefficient (Wildman–Crippen LogP) is 5.08. The molecule has 3 aromatic carbocycles. The molecular formula is C28H28N2O3. The molecule has 1 aromatic heterocycles. The Bertz CT molecular complexity index is 1350. The quantitative estimate of drug-likeness (QED) is 0.413. The molecule has 0 bridgehead atoms. The third-order valence-corrected chi connectivity index (χ3v) is 6.81. The molecule has 0 fully saturated rings. The summed E-state index contributed by atoms with van der Waals surface area (Å²) < 4.78 is 0. The Labute approximate surface area is 193 Å². The maximum Gasteiger partial charge on any atom is 0.133 e. The first-order valence-electron chi connectivity index (χ1n) is 11.3. The fourth-order valence-corrected chi connectivity index (χ4v) is 4.93. The molecule has 1 unspecified atom stereocenters. The molecule has 168 valence electrons. The van der Waals surface area contributed by atoms with Crippen molar-refractivity contribution in [2.75, 3.05) is 11.4 Å². The summed E-state index contributed by atoms with van der Waals surface area (Å²) in [5, 5.41) is 32.9. The van der Waals surface area contributed by atoms with E-state index in [1.54, 1.807) is 6.20 Å². The summed E-state index contributed by atoms with van der Waals surface area (Å²) >= 11 is 0. The number of para-hydroxylation sites is 1. The van der Waals surface area contributed by atoms with Gasteiger partial charge in [-0.25, -0.2) is 4.98 Å². The SMILES string of the molecule is Cc1cc2cc(CO)c(CO)c(-c3ccnc(N4CCC(O)c5ccccc54)c3)c2cc1C. The molecule has 1 aliphatic rings. The number of anilines is 2. The van der Waals surface area contributed by atoms with E-state index in [2.05, 4.69) is 35.9 Å². The van der Waals surface area contributed by atoms with Crippen molar-refractivity contribution in [2.45, 2.75) is 39.6 Å². The van der Waals surface area contributed by atoms with Crippen molar-refractivity contribution < 1.29 is 15.3 Å². The molecule has 5 heteroatoms. The number of rotatable bonds is 4. The number of aromatic nitrogens is 1. The summed E-state index contributed by atoms with van der Waals surface area (Å²) in [6, 6.07) is 18.2. The molecule has 33 heavy (non-hydrogen) atoms. The third kappa shape index (κ3) is 3.68. The van der Waals surface area contributed by atoms with Crippen LogP contribution in [-0.2, 0) is 13.2 Å². The van der Waals surface area contributed by atoms with Gasteiger partial charge in [-0.15, -0.1) is 0 Å². The van der Waals surface area contributed by atoms with Gasteiger partial charge < -0.3 is 20.2 Å². The number of pyridine rings is 1. The van der Waals surface area contributed by atoms with E-state index in [4.69, 9.17) is 0 Å². The van der Waals surface area contributed by atoms with Crippen LogP contribution in [0, 0.1) is 13.8 Å². The molecule has 0 amide bonds. The maximum atomic E-state index is 10.5. The van der Waals surface area contributed by atoms with Crippen LogP contribution in [0.15, 0.2) is 60.8 Å². The lowest BCUT2D eigenvalue weighted by atomic mass is 9.88. The van der Waals surface area contributed by atoms with E-state index in [1.165, 1.54) is 11.1 Å². The van der Waals surface area contributed by atoms with Gasteiger partial charge in [0.15, 0.2) is 0 Å². The molecule has 5 nitrogen and oxygen atoms in total. The van der Waals surface area contributed by atoms with E-state index in [9.17, 15) is 15.3 Å². The molecule has 3 N–H and O–H groups in total. The third-order valence-electron chi connectivity index (χ3n) is 6.81. The van der Waals surface area contributed by atoms with Gasteiger partial charge in [0.2, 0.25) is 0 Å². The van der Waals surface area contributed by atoms with Gasteiger partial charge in [0.25, 0.3) is 0 Å². The smallest absolute Gasteiger partial charge is 0.133 e. The highest BCUT2D eigenvalue weighted by atomic mass is 16.3. The monoisotopic (exact) mass is 440 g/mol. The Morgan fingerprint density at radius 2 is 1.76 bits per heavy atom. The Morgan fingerprint density at radius 1 is 0.970 bits per heavy atom. The van der Waals surface area contributed by atoms with Gasteiger partial charge in [0.05, 0.1) is 19.3 Å². The summed E-state index contributed by atoms with van der Waals surface area (Å²) in [6.07, 6.45) is 1.95. The van der Waals surface area contributed by atoms with Gasteiger partial charge in [-0.2, -0.15) is 0 Å². The zero-order chi connectivity index (χ0) is 23.1. The molecule has 0 aliphatic carbocycles. The molecule has 0 saturated carbocycles. The Kier molecular flexibility index (Phi) is 5.62. The van der Waals surface area contributed by atoms with Crippen LogP contribution in [0.5, 0.6) is 0 Å². The Morgan fingerprint density at radius 3 is 2.55 bits per heavy atom. The second-order valence-corrected chi connectivity index (χ2v) is 8.78. The Hall–Kier alpha value is -3.25. The number of fused-ring (bicyclic) bond motifs is 2. The zero-order valence-corrected chi connectivity index (χ0v) is 18.9. The lowest BCUT2D eigenvalue weighted by Gasteiger charge is -2.33. The summed E-state index contributed by atoms with van der Waals surface area (Å²) in [5.74, 6) is 0.794. The first kappa shape index (κ1) is 21.6. The molecule has 2 heterocycles. The van der Waals surface area contributed by atoms with Crippen LogP contribution >= 0.6 is 0 Å². The first-order chi connectivity index (χ1) is 16.0. The first-order valence-corrected chi connectivity index (χ1v) is 11.3. The van der Waals surface area contributed by atoms with Crippen molar-refractivity contribution in [1.29, 1.82) is 0 Å². The largest absolute Gasteiger partial charge is 0.392 e. The fourth-order valence-electron chi connectivity index (χ4n) is 4.93. The van der Waals surface area contributed by atoms with Crippen LogP contribution < -0.4 is 4.90 Å². The summed E-state index contributed by atoms with van der Waals surface area (Å²) in [7, 11) is 0. The minimum absolute atomic E-state index is 0.138. The minimum atomic E-state index is -0.474. The standard InChI is InChI=1S/C28H28N2O3/c1-17-11-20-13-21(15-31)24(16-32)28(23(20)12-18(17)2)19-7-9-29-27(14-19)30-10-8-26(33)22-5-3-4-6-25(22)30/h3-7,9,11-14,26,31-33H,8,10,15-16H2,1-2H3. The molecular weight excluding hydrogens is 412 g/mol.